The molecule has 2 nitrogen and oxygen atoms in total. The van der Waals surface area contributed by atoms with E-state index in [0.717, 1.165) is 55.7 Å². The highest BCUT2D eigenvalue weighted by Crippen LogP contribution is 2.46. The molecule has 60 heavy (non-hydrogen) atoms. The number of benzene rings is 10. The topological polar surface area (TPSA) is 16.4 Å². The minimum Gasteiger partial charge on any atom is -0.456 e. The highest BCUT2D eigenvalue weighted by Gasteiger charge is 2.21. The van der Waals surface area contributed by atoms with Gasteiger partial charge in [0.1, 0.15) is 11.2 Å². The minimum atomic E-state index is 0.901. The van der Waals surface area contributed by atoms with Crippen molar-refractivity contribution in [2.75, 3.05) is 4.90 Å². The molecule has 0 saturated heterocycles. The average Bonchev–Trinajstić information content (AvgIpc) is 3.71. The number of nitrogens with zero attached hydrogens (tertiary/aromatic N) is 1. The summed E-state index contributed by atoms with van der Waals surface area (Å²) in [6, 6.07) is 85.0. The number of furan rings is 1. The van der Waals surface area contributed by atoms with E-state index >= 15 is 0 Å². The second kappa shape index (κ2) is 15.1. The first-order valence-electron chi connectivity index (χ1n) is 20.5. The molecule has 0 aliphatic carbocycles. The van der Waals surface area contributed by atoms with E-state index in [1.807, 2.05) is 12.1 Å². The van der Waals surface area contributed by atoms with Crippen LogP contribution in [-0.4, -0.2) is 0 Å². The first-order chi connectivity index (χ1) is 29.7. The van der Waals surface area contributed by atoms with Crippen molar-refractivity contribution < 1.29 is 4.42 Å². The van der Waals surface area contributed by atoms with Crippen molar-refractivity contribution in [3.63, 3.8) is 0 Å². The molecule has 11 rings (SSSR count). The van der Waals surface area contributed by atoms with E-state index in [0.29, 0.717) is 0 Å². The van der Waals surface area contributed by atoms with Crippen molar-refractivity contribution in [3.8, 4) is 55.6 Å². The van der Waals surface area contributed by atoms with Crippen LogP contribution < -0.4 is 4.90 Å². The van der Waals surface area contributed by atoms with Crippen molar-refractivity contribution in [1.82, 2.24) is 0 Å². The lowest BCUT2D eigenvalue weighted by Crippen LogP contribution is -2.12. The fraction of sp³-hybridized carbons (Fsp3) is 0. The Hall–Kier alpha value is -7.94. The number of hydrogen-bond acceptors (Lipinski definition) is 2. The first-order valence-corrected chi connectivity index (χ1v) is 20.5. The van der Waals surface area contributed by atoms with E-state index in [9.17, 15) is 0 Å². The Morgan fingerprint density at radius 3 is 1.55 bits per heavy atom. The molecule has 0 radical (unpaired) electrons. The van der Waals surface area contributed by atoms with Crippen LogP contribution >= 0.6 is 0 Å². The molecule has 0 saturated carbocycles. The van der Waals surface area contributed by atoms with Gasteiger partial charge in [0.2, 0.25) is 0 Å². The normalized spacial score (nSPS) is 11.3. The smallest absolute Gasteiger partial charge is 0.135 e. The summed E-state index contributed by atoms with van der Waals surface area (Å²) in [6.07, 6.45) is 0. The van der Waals surface area contributed by atoms with Crippen LogP contribution in [0.4, 0.5) is 17.1 Å². The SMILES string of the molecule is c1ccc(-c2ccc(N(c3ccc(-c4ccc(-c5ccc6oc7ccccc7c6c5)c(-c5ccccc5)c4)cc3)c3cccc4ccccc34)c(-c3ccccc3)c2)cc1. The summed E-state index contributed by atoms with van der Waals surface area (Å²) in [6.45, 7) is 0. The lowest BCUT2D eigenvalue weighted by molar-refractivity contribution is 0.669. The number of anilines is 3. The van der Waals surface area contributed by atoms with Crippen LogP contribution in [0.25, 0.3) is 88.3 Å². The third kappa shape index (κ3) is 6.41. The summed E-state index contributed by atoms with van der Waals surface area (Å²) in [7, 11) is 0. The van der Waals surface area contributed by atoms with Crippen LogP contribution in [0.5, 0.6) is 0 Å². The monoisotopic (exact) mass is 765 g/mol. The predicted molar refractivity (Wildman–Crippen MR) is 253 cm³/mol. The van der Waals surface area contributed by atoms with E-state index in [-0.39, 0.29) is 0 Å². The Kier molecular flexibility index (Phi) is 8.87. The Balaban J connectivity index is 1.05. The zero-order valence-electron chi connectivity index (χ0n) is 32.9. The molecule has 2 heteroatoms. The molecule has 0 atom stereocenters. The number of para-hydroxylation sites is 1. The molecule has 1 aromatic heterocycles. The Morgan fingerprint density at radius 2 is 0.800 bits per heavy atom. The van der Waals surface area contributed by atoms with E-state index in [1.54, 1.807) is 0 Å². The molecule has 0 amide bonds. The van der Waals surface area contributed by atoms with Crippen LogP contribution in [0.15, 0.2) is 241 Å². The van der Waals surface area contributed by atoms with Gasteiger partial charge >= 0.3 is 0 Å². The minimum absolute atomic E-state index is 0.901. The van der Waals surface area contributed by atoms with Crippen LogP contribution in [0.3, 0.4) is 0 Å². The van der Waals surface area contributed by atoms with E-state index < -0.39 is 0 Å². The highest BCUT2D eigenvalue weighted by atomic mass is 16.3. The van der Waals surface area contributed by atoms with E-state index in [4.69, 9.17) is 4.42 Å². The van der Waals surface area contributed by atoms with Crippen LogP contribution in [-0.2, 0) is 0 Å². The molecule has 0 N–H and O–H groups in total. The van der Waals surface area contributed by atoms with Gasteiger partial charge in [0.15, 0.2) is 0 Å². The Labute approximate surface area is 349 Å². The van der Waals surface area contributed by atoms with Gasteiger partial charge in [-0.2, -0.15) is 0 Å². The zero-order valence-corrected chi connectivity index (χ0v) is 32.9. The summed E-state index contributed by atoms with van der Waals surface area (Å²) >= 11 is 0. The van der Waals surface area contributed by atoms with Gasteiger partial charge in [-0.3, -0.25) is 0 Å². The van der Waals surface area contributed by atoms with Crippen LogP contribution in [0, 0.1) is 0 Å². The van der Waals surface area contributed by atoms with Gasteiger partial charge in [-0.25, -0.2) is 0 Å². The van der Waals surface area contributed by atoms with Gasteiger partial charge in [-0.1, -0.05) is 182 Å². The summed E-state index contributed by atoms with van der Waals surface area (Å²) in [4.78, 5) is 2.43. The first kappa shape index (κ1) is 35.2. The van der Waals surface area contributed by atoms with Gasteiger partial charge in [0, 0.05) is 27.4 Å². The standard InChI is InChI=1S/C58H39NO/c1-4-15-40(16-5-1)46-30-35-56(53(38-46)44-19-8-3-9-20-44)59(55-25-14-22-42-21-10-11-23-50(42)55)48-32-27-41(28-33-48)45-29-34-49(52(37-45)43-17-6-2-7-18-43)47-31-36-58-54(39-47)51-24-12-13-26-57(51)60-58/h1-39H. The van der Waals surface area contributed by atoms with Crippen LogP contribution in [0.1, 0.15) is 0 Å². The zero-order chi connectivity index (χ0) is 39.8. The molecule has 0 bridgehead atoms. The lowest BCUT2D eigenvalue weighted by atomic mass is 9.90. The second-order valence-electron chi connectivity index (χ2n) is 15.3. The van der Waals surface area contributed by atoms with Gasteiger partial charge in [-0.05, 0) is 110 Å². The van der Waals surface area contributed by atoms with Crippen molar-refractivity contribution >= 4 is 49.8 Å². The Bertz CT molecular complexity index is 3290. The maximum atomic E-state index is 6.19. The summed E-state index contributed by atoms with van der Waals surface area (Å²) in [5.41, 5.74) is 16.9. The molecule has 0 spiro atoms. The van der Waals surface area contributed by atoms with Crippen molar-refractivity contribution in [2.24, 2.45) is 0 Å². The number of rotatable bonds is 8. The van der Waals surface area contributed by atoms with Gasteiger partial charge < -0.3 is 9.32 Å². The third-order valence-electron chi connectivity index (χ3n) is 11.7. The highest BCUT2D eigenvalue weighted by molar-refractivity contribution is 6.07. The van der Waals surface area contributed by atoms with Crippen LogP contribution in [0.2, 0.25) is 0 Å². The molecule has 282 valence electrons. The molecule has 0 aliphatic heterocycles. The molecule has 0 unspecified atom stereocenters. The van der Waals surface area contributed by atoms with E-state index in [2.05, 4.69) is 229 Å². The van der Waals surface area contributed by atoms with Gasteiger partial charge in [-0.15, -0.1) is 0 Å². The second-order valence-corrected chi connectivity index (χ2v) is 15.3. The summed E-state index contributed by atoms with van der Waals surface area (Å²) < 4.78 is 6.19. The molecular formula is C58H39NO. The third-order valence-corrected chi connectivity index (χ3v) is 11.7. The quantitative estimate of drug-likeness (QED) is 0.153. The fourth-order valence-electron chi connectivity index (χ4n) is 8.73. The van der Waals surface area contributed by atoms with Gasteiger partial charge in [0.05, 0.1) is 11.4 Å². The molecule has 0 fully saturated rings. The number of hydrogen-bond donors (Lipinski definition) is 0. The maximum Gasteiger partial charge on any atom is 0.135 e. The predicted octanol–water partition coefficient (Wildman–Crippen LogP) is 16.5. The van der Waals surface area contributed by atoms with Crippen molar-refractivity contribution in [2.45, 2.75) is 0 Å². The Morgan fingerprint density at radius 1 is 0.267 bits per heavy atom. The maximum absolute atomic E-state index is 6.19. The van der Waals surface area contributed by atoms with Gasteiger partial charge in [0.25, 0.3) is 0 Å². The average molecular weight is 766 g/mol. The number of fused-ring (bicyclic) bond motifs is 4. The molecule has 0 aliphatic rings. The van der Waals surface area contributed by atoms with Crippen molar-refractivity contribution in [3.05, 3.63) is 237 Å². The molecular weight excluding hydrogens is 727 g/mol. The molecule has 10 aromatic carbocycles. The van der Waals surface area contributed by atoms with Crippen molar-refractivity contribution in [1.29, 1.82) is 0 Å². The largest absolute Gasteiger partial charge is 0.456 e. The lowest BCUT2D eigenvalue weighted by Gasteiger charge is -2.29. The summed E-state index contributed by atoms with van der Waals surface area (Å²) in [5.74, 6) is 0. The van der Waals surface area contributed by atoms with E-state index in [1.165, 1.54) is 49.7 Å². The molecule has 1 heterocycles. The fourth-order valence-corrected chi connectivity index (χ4v) is 8.73. The molecule has 11 aromatic rings. The summed E-state index contributed by atoms with van der Waals surface area (Å²) in [5, 5.41) is 4.66.